The molecule has 3 aliphatic heterocycles. The Labute approximate surface area is 130 Å². The average molecular weight is 305 g/mol. The SMILES string of the molecule is CC(C)OC(=O)[C@H]1[C@H]2C=C[C@@]3(CN(C4CCCC4)C(=O)[C@@H]13)O2. The zero-order chi connectivity index (χ0) is 15.5. The molecule has 0 radical (unpaired) electrons. The Morgan fingerprint density at radius 3 is 2.82 bits per heavy atom. The Hall–Kier alpha value is -1.36. The van der Waals surface area contributed by atoms with Gasteiger partial charge in [-0.3, -0.25) is 9.59 Å². The standard InChI is InChI=1S/C17H23NO4/c1-10(2)21-16(20)13-12-7-8-17(22-12)9-18(15(19)14(13)17)11-5-3-4-6-11/h7-8,10-14H,3-6,9H2,1-2H3/t12-,13+,14-,17+/m1/s1. The van der Waals surface area contributed by atoms with Gasteiger partial charge in [-0.05, 0) is 26.7 Å². The van der Waals surface area contributed by atoms with Crippen molar-refractivity contribution in [3.8, 4) is 0 Å². The highest BCUT2D eigenvalue weighted by molar-refractivity contribution is 5.91. The Bertz CT molecular complexity index is 537. The van der Waals surface area contributed by atoms with Crippen LogP contribution in [0.15, 0.2) is 12.2 Å². The maximum Gasteiger partial charge on any atom is 0.313 e. The lowest BCUT2D eigenvalue weighted by Gasteiger charge is -2.27. The van der Waals surface area contributed by atoms with E-state index in [1.165, 1.54) is 12.8 Å². The molecule has 4 atom stereocenters. The molecule has 2 bridgehead atoms. The molecule has 2 saturated heterocycles. The van der Waals surface area contributed by atoms with Gasteiger partial charge < -0.3 is 14.4 Å². The molecule has 1 amide bonds. The van der Waals surface area contributed by atoms with Crippen LogP contribution in [-0.2, 0) is 19.1 Å². The first-order chi connectivity index (χ1) is 10.5. The van der Waals surface area contributed by atoms with Gasteiger partial charge in [-0.2, -0.15) is 0 Å². The lowest BCUT2D eigenvalue weighted by molar-refractivity contribution is -0.157. The van der Waals surface area contributed by atoms with Crippen LogP contribution in [0.3, 0.4) is 0 Å². The minimum atomic E-state index is -0.592. The van der Waals surface area contributed by atoms with Crippen molar-refractivity contribution in [2.45, 2.75) is 63.4 Å². The highest BCUT2D eigenvalue weighted by Gasteiger charge is 2.68. The monoisotopic (exact) mass is 305 g/mol. The highest BCUT2D eigenvalue weighted by atomic mass is 16.6. The van der Waals surface area contributed by atoms with Crippen molar-refractivity contribution in [1.29, 1.82) is 0 Å². The van der Waals surface area contributed by atoms with Gasteiger partial charge in [-0.15, -0.1) is 0 Å². The minimum absolute atomic E-state index is 0.0875. The van der Waals surface area contributed by atoms with E-state index in [1.54, 1.807) is 0 Å². The molecule has 4 rings (SSSR count). The second kappa shape index (κ2) is 4.82. The third-order valence-electron chi connectivity index (χ3n) is 5.52. The Morgan fingerprint density at radius 1 is 1.41 bits per heavy atom. The fourth-order valence-electron chi connectivity index (χ4n) is 4.63. The van der Waals surface area contributed by atoms with Gasteiger partial charge in [-0.25, -0.2) is 0 Å². The molecule has 5 nitrogen and oxygen atoms in total. The van der Waals surface area contributed by atoms with Crippen LogP contribution in [0.4, 0.5) is 0 Å². The van der Waals surface area contributed by atoms with Crippen molar-refractivity contribution in [2.75, 3.05) is 6.54 Å². The van der Waals surface area contributed by atoms with Crippen molar-refractivity contribution in [1.82, 2.24) is 4.90 Å². The van der Waals surface area contributed by atoms with E-state index in [9.17, 15) is 9.59 Å². The van der Waals surface area contributed by atoms with Crippen molar-refractivity contribution < 1.29 is 19.1 Å². The number of nitrogens with zero attached hydrogens (tertiary/aromatic N) is 1. The first-order valence-corrected chi connectivity index (χ1v) is 8.40. The van der Waals surface area contributed by atoms with Gasteiger partial charge in [0.2, 0.25) is 5.91 Å². The predicted molar refractivity (Wildman–Crippen MR) is 78.9 cm³/mol. The molecule has 0 unspecified atom stereocenters. The Balaban J connectivity index is 1.61. The van der Waals surface area contributed by atoms with Gasteiger partial charge in [0, 0.05) is 6.04 Å². The molecule has 5 heteroatoms. The quantitative estimate of drug-likeness (QED) is 0.588. The van der Waals surface area contributed by atoms with Crippen LogP contribution in [0.5, 0.6) is 0 Å². The van der Waals surface area contributed by atoms with Crippen molar-refractivity contribution in [3.63, 3.8) is 0 Å². The summed E-state index contributed by atoms with van der Waals surface area (Å²) in [5, 5.41) is 0. The summed E-state index contributed by atoms with van der Waals surface area (Å²) in [5.41, 5.74) is -0.592. The summed E-state index contributed by atoms with van der Waals surface area (Å²) >= 11 is 0. The molecule has 4 aliphatic rings. The van der Waals surface area contributed by atoms with Crippen molar-refractivity contribution in [3.05, 3.63) is 12.2 Å². The molecule has 1 aliphatic carbocycles. The van der Waals surface area contributed by atoms with Crippen LogP contribution in [0, 0.1) is 11.8 Å². The first kappa shape index (κ1) is 14.2. The van der Waals surface area contributed by atoms with Gasteiger partial charge in [0.05, 0.1) is 24.7 Å². The number of carbonyl (C=O) groups excluding carboxylic acids is 2. The topological polar surface area (TPSA) is 55.8 Å². The van der Waals surface area contributed by atoms with E-state index >= 15 is 0 Å². The van der Waals surface area contributed by atoms with Crippen LogP contribution in [0.2, 0.25) is 0 Å². The van der Waals surface area contributed by atoms with E-state index in [-0.39, 0.29) is 24.1 Å². The van der Waals surface area contributed by atoms with E-state index in [0.29, 0.717) is 12.6 Å². The lowest BCUT2D eigenvalue weighted by Crippen LogP contribution is -2.41. The number of fused-ring (bicyclic) bond motifs is 1. The predicted octanol–water partition coefficient (Wildman–Crippen LogP) is 1.66. The fourth-order valence-corrected chi connectivity index (χ4v) is 4.63. The van der Waals surface area contributed by atoms with E-state index in [2.05, 4.69) is 0 Å². The summed E-state index contributed by atoms with van der Waals surface area (Å²) in [6.45, 7) is 4.26. The number of carbonyl (C=O) groups is 2. The molecule has 3 fully saturated rings. The van der Waals surface area contributed by atoms with E-state index in [0.717, 1.165) is 12.8 Å². The summed E-state index contributed by atoms with van der Waals surface area (Å²) in [6.07, 6.45) is 7.99. The van der Waals surface area contributed by atoms with Crippen LogP contribution < -0.4 is 0 Å². The number of hydrogen-bond acceptors (Lipinski definition) is 4. The largest absolute Gasteiger partial charge is 0.463 e. The lowest BCUT2D eigenvalue weighted by atomic mass is 9.77. The number of rotatable bonds is 3. The van der Waals surface area contributed by atoms with Crippen LogP contribution in [0.1, 0.15) is 39.5 Å². The van der Waals surface area contributed by atoms with Gasteiger partial charge in [0.15, 0.2) is 0 Å². The molecule has 0 aromatic rings. The van der Waals surface area contributed by atoms with Gasteiger partial charge in [-0.1, -0.05) is 25.0 Å². The van der Waals surface area contributed by atoms with Crippen molar-refractivity contribution >= 4 is 11.9 Å². The summed E-state index contributed by atoms with van der Waals surface area (Å²) in [7, 11) is 0. The zero-order valence-corrected chi connectivity index (χ0v) is 13.2. The number of amides is 1. The molecular formula is C17H23NO4. The molecular weight excluding hydrogens is 282 g/mol. The summed E-state index contributed by atoms with van der Waals surface area (Å²) in [6, 6.07) is 0.324. The third-order valence-corrected chi connectivity index (χ3v) is 5.52. The Morgan fingerprint density at radius 2 is 2.14 bits per heavy atom. The van der Waals surface area contributed by atoms with E-state index in [4.69, 9.17) is 9.47 Å². The third kappa shape index (κ3) is 1.87. The molecule has 22 heavy (non-hydrogen) atoms. The first-order valence-electron chi connectivity index (χ1n) is 8.40. The summed E-state index contributed by atoms with van der Waals surface area (Å²) < 4.78 is 11.5. The molecule has 120 valence electrons. The summed E-state index contributed by atoms with van der Waals surface area (Å²) in [4.78, 5) is 27.4. The van der Waals surface area contributed by atoms with E-state index < -0.39 is 17.4 Å². The fraction of sp³-hybridized carbons (Fsp3) is 0.765. The van der Waals surface area contributed by atoms with Gasteiger partial charge in [0.25, 0.3) is 0 Å². The minimum Gasteiger partial charge on any atom is -0.463 e. The molecule has 0 aromatic heterocycles. The average Bonchev–Trinajstić information content (AvgIpc) is 3.18. The molecule has 1 spiro atoms. The number of ether oxygens (including phenoxy) is 2. The van der Waals surface area contributed by atoms with Crippen molar-refractivity contribution in [2.24, 2.45) is 11.8 Å². The van der Waals surface area contributed by atoms with Gasteiger partial charge >= 0.3 is 5.97 Å². The summed E-state index contributed by atoms with van der Waals surface area (Å²) in [5.74, 6) is -1.08. The molecule has 0 N–H and O–H groups in total. The van der Waals surface area contributed by atoms with E-state index in [1.807, 2.05) is 30.9 Å². The number of likely N-dealkylation sites (tertiary alicyclic amines) is 1. The molecule has 3 heterocycles. The van der Waals surface area contributed by atoms with Crippen LogP contribution >= 0.6 is 0 Å². The number of esters is 1. The maximum atomic E-state index is 13.0. The normalized spacial score (nSPS) is 40.0. The van der Waals surface area contributed by atoms with Gasteiger partial charge in [0.1, 0.15) is 11.5 Å². The number of hydrogen-bond donors (Lipinski definition) is 0. The maximum absolute atomic E-state index is 13.0. The molecule has 1 saturated carbocycles. The smallest absolute Gasteiger partial charge is 0.313 e. The van der Waals surface area contributed by atoms with Crippen LogP contribution in [-0.4, -0.2) is 47.2 Å². The van der Waals surface area contributed by atoms with Crippen LogP contribution in [0.25, 0.3) is 0 Å². The Kier molecular flexibility index (Phi) is 3.12. The molecule has 0 aromatic carbocycles. The second-order valence-electron chi connectivity index (χ2n) is 7.29. The second-order valence-corrected chi connectivity index (χ2v) is 7.29. The zero-order valence-electron chi connectivity index (χ0n) is 13.2. The highest BCUT2D eigenvalue weighted by Crippen LogP contribution is 2.53.